The molecule has 0 spiro atoms. The number of nitrogens with one attached hydrogen (secondary N) is 2. The molecule has 192 valence electrons. The summed E-state index contributed by atoms with van der Waals surface area (Å²) in [4.78, 5) is 34.3. The topological polar surface area (TPSA) is 169 Å². The molecule has 4 N–H and O–H groups in total. The molecule has 4 aromatic heterocycles. The van der Waals surface area contributed by atoms with Crippen LogP contribution in [0, 0.1) is 0 Å². The Hall–Kier alpha value is -3.91. The number of hydrogen-bond donors (Lipinski definition) is 4. The number of fused-ring (bicyclic) bond motifs is 1. The number of aromatic nitrogens is 6. The summed E-state index contributed by atoms with van der Waals surface area (Å²) in [5, 5.41) is 27.3. The molecule has 0 bridgehead atoms. The smallest absolute Gasteiger partial charge is 0.251 e. The van der Waals surface area contributed by atoms with Crippen molar-refractivity contribution in [2.24, 2.45) is 0 Å². The number of carbonyl (C=O) groups is 1. The minimum atomic E-state index is -1.45. The van der Waals surface area contributed by atoms with Crippen LogP contribution in [0.4, 0.5) is 5.82 Å². The van der Waals surface area contributed by atoms with Crippen molar-refractivity contribution in [3.05, 3.63) is 53.8 Å². The molecule has 1 amide bonds. The number of carbonyl (C=O) groups excluding carboxylic acids is 1. The zero-order chi connectivity index (χ0) is 26.1. The molecule has 1 saturated heterocycles. The van der Waals surface area contributed by atoms with Gasteiger partial charge in [0.25, 0.3) is 5.91 Å². The van der Waals surface area contributed by atoms with Crippen LogP contribution in [-0.2, 0) is 16.1 Å². The number of amides is 1. The number of anilines is 1. The van der Waals surface area contributed by atoms with Gasteiger partial charge in [0, 0.05) is 30.0 Å². The van der Waals surface area contributed by atoms with E-state index < -0.39 is 30.4 Å². The zero-order valence-electron chi connectivity index (χ0n) is 19.7. The van der Waals surface area contributed by atoms with Crippen LogP contribution in [0.3, 0.4) is 0 Å². The number of hydrogen-bond acceptors (Lipinski definition) is 11. The number of aliphatic hydroxyl groups excluding tert-OH is 2. The van der Waals surface area contributed by atoms with Crippen LogP contribution in [0.1, 0.15) is 11.9 Å². The fourth-order valence-corrected chi connectivity index (χ4v) is 4.16. The number of imidazole rings is 1. The van der Waals surface area contributed by atoms with E-state index in [1.807, 2.05) is 0 Å². The maximum Gasteiger partial charge on any atom is 0.251 e. The summed E-state index contributed by atoms with van der Waals surface area (Å²) in [6, 6.07) is 5.13. The highest BCUT2D eigenvalue weighted by atomic mass is 35.5. The van der Waals surface area contributed by atoms with E-state index in [1.165, 1.54) is 25.1 Å². The third-order valence-electron chi connectivity index (χ3n) is 5.86. The Morgan fingerprint density at radius 1 is 1.22 bits per heavy atom. The summed E-state index contributed by atoms with van der Waals surface area (Å²) in [5.41, 5.74) is 1.90. The van der Waals surface area contributed by atoms with Crippen molar-refractivity contribution in [1.82, 2.24) is 34.8 Å². The van der Waals surface area contributed by atoms with Gasteiger partial charge in [0.05, 0.1) is 31.9 Å². The lowest BCUT2D eigenvalue weighted by Gasteiger charge is -2.17. The van der Waals surface area contributed by atoms with E-state index in [0.717, 1.165) is 0 Å². The molecule has 4 aromatic rings. The van der Waals surface area contributed by atoms with Gasteiger partial charge < -0.3 is 30.3 Å². The van der Waals surface area contributed by atoms with Gasteiger partial charge in [0.15, 0.2) is 35.1 Å². The summed E-state index contributed by atoms with van der Waals surface area (Å²) in [7, 11) is 2.94. The Morgan fingerprint density at radius 3 is 2.81 bits per heavy atom. The SMILES string of the molecule is CNC(=O)[C@@H]1OC(n2cnc3c(NCc4cc(Cl)ccn4)nc(-c4cncc(OC)c4)nc32)C(O)C1O. The number of pyridine rings is 2. The van der Waals surface area contributed by atoms with Crippen molar-refractivity contribution >= 4 is 34.5 Å². The number of methoxy groups -OCH3 is 1. The Labute approximate surface area is 215 Å². The number of aliphatic hydroxyl groups is 2. The standard InChI is InChI=1S/C23H23ClN8O5/c1-25-22(35)18-16(33)17(34)23(37-18)32-10-29-15-20(28-8-13-6-12(24)3-4-27-13)30-19(31-21(15)32)11-5-14(36-2)9-26-7-11/h3-7,9-10,16-18,23,33-34H,8H2,1-2H3,(H,25,35)(H,28,30,31)/t16?,17?,18-,23?/m1/s1. The molecule has 5 heterocycles. The first-order valence-corrected chi connectivity index (χ1v) is 11.6. The number of ether oxygens (including phenoxy) is 2. The zero-order valence-corrected chi connectivity index (χ0v) is 20.5. The quantitative estimate of drug-likeness (QED) is 0.270. The Balaban J connectivity index is 1.59. The highest BCUT2D eigenvalue weighted by Gasteiger charge is 2.47. The van der Waals surface area contributed by atoms with Crippen LogP contribution in [0.25, 0.3) is 22.6 Å². The molecule has 37 heavy (non-hydrogen) atoms. The van der Waals surface area contributed by atoms with Gasteiger partial charge in [-0.05, 0) is 18.2 Å². The van der Waals surface area contributed by atoms with Gasteiger partial charge in [-0.1, -0.05) is 11.6 Å². The summed E-state index contributed by atoms with van der Waals surface area (Å²) < 4.78 is 12.5. The van der Waals surface area contributed by atoms with Crippen molar-refractivity contribution in [3.8, 4) is 17.1 Å². The molecule has 1 aliphatic rings. The molecule has 13 nitrogen and oxygen atoms in total. The maximum absolute atomic E-state index is 12.1. The highest BCUT2D eigenvalue weighted by Crippen LogP contribution is 2.34. The van der Waals surface area contributed by atoms with Crippen LogP contribution < -0.4 is 15.4 Å². The van der Waals surface area contributed by atoms with E-state index in [2.05, 4.69) is 35.6 Å². The largest absolute Gasteiger partial charge is 0.495 e. The molecule has 5 rings (SSSR count). The molecule has 14 heteroatoms. The first-order valence-electron chi connectivity index (χ1n) is 11.2. The number of rotatable bonds is 7. The van der Waals surface area contributed by atoms with Crippen molar-refractivity contribution in [1.29, 1.82) is 0 Å². The normalized spacial score (nSPS) is 21.2. The lowest BCUT2D eigenvalue weighted by molar-refractivity contribution is -0.137. The second-order valence-electron chi connectivity index (χ2n) is 8.19. The predicted octanol–water partition coefficient (Wildman–Crippen LogP) is 0.923. The van der Waals surface area contributed by atoms with Crippen molar-refractivity contribution in [2.45, 2.75) is 31.1 Å². The lowest BCUT2D eigenvalue weighted by atomic mass is 10.1. The molecule has 0 aromatic carbocycles. The van der Waals surface area contributed by atoms with Gasteiger partial charge in [-0.2, -0.15) is 0 Å². The second kappa shape index (κ2) is 10.2. The van der Waals surface area contributed by atoms with Gasteiger partial charge in [0.1, 0.15) is 18.0 Å². The average Bonchev–Trinajstić information content (AvgIpc) is 3.47. The fourth-order valence-electron chi connectivity index (χ4n) is 3.98. The van der Waals surface area contributed by atoms with Gasteiger partial charge >= 0.3 is 0 Å². The molecule has 0 radical (unpaired) electrons. The first kappa shape index (κ1) is 24.8. The molecule has 1 fully saturated rings. The average molecular weight is 527 g/mol. The van der Waals surface area contributed by atoms with E-state index >= 15 is 0 Å². The minimum absolute atomic E-state index is 0.287. The molecular weight excluding hydrogens is 504 g/mol. The molecular formula is C23H23ClN8O5. The molecule has 0 aliphatic carbocycles. The molecule has 3 unspecified atom stereocenters. The summed E-state index contributed by atoms with van der Waals surface area (Å²) >= 11 is 6.09. The van der Waals surface area contributed by atoms with Crippen LogP contribution in [0.2, 0.25) is 5.02 Å². The molecule has 0 saturated carbocycles. The Morgan fingerprint density at radius 2 is 2.05 bits per heavy atom. The number of likely N-dealkylation sites (N-methyl/N-ethyl adjacent to an activating group) is 1. The third-order valence-corrected chi connectivity index (χ3v) is 6.10. The highest BCUT2D eigenvalue weighted by molar-refractivity contribution is 6.30. The van der Waals surface area contributed by atoms with E-state index in [1.54, 1.807) is 36.8 Å². The van der Waals surface area contributed by atoms with Crippen molar-refractivity contribution < 1.29 is 24.5 Å². The van der Waals surface area contributed by atoms with E-state index in [9.17, 15) is 15.0 Å². The van der Waals surface area contributed by atoms with Crippen LogP contribution in [-0.4, -0.2) is 78.1 Å². The van der Waals surface area contributed by atoms with Crippen molar-refractivity contribution in [3.63, 3.8) is 0 Å². The van der Waals surface area contributed by atoms with Gasteiger partial charge in [-0.25, -0.2) is 15.0 Å². The summed E-state index contributed by atoms with van der Waals surface area (Å²) in [6.07, 6.45) is 0.889. The van der Waals surface area contributed by atoms with Crippen LogP contribution in [0.5, 0.6) is 5.75 Å². The fraction of sp³-hybridized carbons (Fsp3) is 0.304. The summed E-state index contributed by atoms with van der Waals surface area (Å²) in [5.74, 6) is 0.614. The van der Waals surface area contributed by atoms with Gasteiger partial charge in [-0.3, -0.25) is 19.3 Å². The molecule has 4 atom stereocenters. The van der Waals surface area contributed by atoms with E-state index in [-0.39, 0.29) is 12.4 Å². The van der Waals surface area contributed by atoms with E-state index in [0.29, 0.717) is 39.0 Å². The maximum atomic E-state index is 12.1. The monoisotopic (exact) mass is 526 g/mol. The third kappa shape index (κ3) is 4.76. The Bertz CT molecular complexity index is 1450. The second-order valence-corrected chi connectivity index (χ2v) is 8.63. The van der Waals surface area contributed by atoms with Gasteiger partial charge in [0.2, 0.25) is 0 Å². The Kier molecular flexibility index (Phi) is 6.84. The number of nitrogens with zero attached hydrogens (tertiary/aromatic N) is 6. The first-order chi connectivity index (χ1) is 17.9. The van der Waals surface area contributed by atoms with Crippen LogP contribution in [0.15, 0.2) is 43.1 Å². The van der Waals surface area contributed by atoms with Crippen LogP contribution >= 0.6 is 11.6 Å². The van der Waals surface area contributed by atoms with Gasteiger partial charge in [-0.15, -0.1) is 0 Å². The minimum Gasteiger partial charge on any atom is -0.495 e. The lowest BCUT2D eigenvalue weighted by Crippen LogP contribution is -2.41. The summed E-state index contributed by atoms with van der Waals surface area (Å²) in [6.45, 7) is 0.287. The predicted molar refractivity (Wildman–Crippen MR) is 132 cm³/mol. The van der Waals surface area contributed by atoms with E-state index in [4.69, 9.17) is 21.1 Å². The molecule has 1 aliphatic heterocycles. The van der Waals surface area contributed by atoms with Crippen molar-refractivity contribution in [2.75, 3.05) is 19.5 Å². The number of halogens is 1.